The van der Waals surface area contributed by atoms with E-state index in [1.54, 1.807) is 11.8 Å². The number of allylic oxidation sites excluding steroid dienone is 2. The van der Waals surface area contributed by atoms with E-state index in [1.807, 2.05) is 36.4 Å². The largest absolute Gasteiger partial charge is 0.355 e. The molecule has 0 aromatic heterocycles. The first-order valence-electron chi connectivity index (χ1n) is 9.15. The van der Waals surface area contributed by atoms with E-state index >= 15 is 0 Å². The zero-order valence-electron chi connectivity index (χ0n) is 15.0. The minimum atomic E-state index is -0.227. The third-order valence-corrected chi connectivity index (χ3v) is 6.19. The van der Waals surface area contributed by atoms with Crippen molar-refractivity contribution < 1.29 is 14.4 Å². The number of carbonyl (C=O) groups is 3. The van der Waals surface area contributed by atoms with Gasteiger partial charge in [-0.2, -0.15) is 11.8 Å². The van der Waals surface area contributed by atoms with Gasteiger partial charge in [-0.3, -0.25) is 19.3 Å². The predicted molar refractivity (Wildman–Crippen MR) is 107 cm³/mol. The Morgan fingerprint density at radius 1 is 1.11 bits per heavy atom. The summed E-state index contributed by atoms with van der Waals surface area (Å²) < 4.78 is 0. The van der Waals surface area contributed by atoms with Crippen LogP contribution in [-0.4, -0.2) is 41.5 Å². The van der Waals surface area contributed by atoms with Crippen LogP contribution in [-0.2, 0) is 20.1 Å². The van der Waals surface area contributed by atoms with Crippen molar-refractivity contribution in [3.63, 3.8) is 0 Å². The zero-order valence-corrected chi connectivity index (χ0v) is 16.6. The summed E-state index contributed by atoms with van der Waals surface area (Å²) in [6.45, 7) is 0.739. The molecule has 0 spiro atoms. The minimum Gasteiger partial charge on any atom is -0.355 e. The summed E-state index contributed by atoms with van der Waals surface area (Å²) in [5, 5.41) is 3.58. The molecule has 5 nitrogen and oxygen atoms in total. The number of nitrogens with zero attached hydrogens (tertiary/aromatic N) is 1. The second-order valence-corrected chi connectivity index (χ2v) is 8.30. The number of amides is 3. The number of fused-ring (bicyclic) bond motifs is 1. The van der Waals surface area contributed by atoms with Crippen molar-refractivity contribution in [3.05, 3.63) is 47.0 Å². The average Bonchev–Trinajstić information content (AvgIpc) is 2.92. The van der Waals surface area contributed by atoms with Gasteiger partial charge >= 0.3 is 0 Å². The van der Waals surface area contributed by atoms with E-state index in [-0.39, 0.29) is 42.5 Å². The molecule has 7 heteroatoms. The number of hydrogen-bond donors (Lipinski definition) is 1. The van der Waals surface area contributed by atoms with Gasteiger partial charge in [0.2, 0.25) is 17.7 Å². The quantitative estimate of drug-likeness (QED) is 0.409. The lowest BCUT2D eigenvalue weighted by atomic mass is 9.85. The molecule has 1 fully saturated rings. The second-order valence-electron chi connectivity index (χ2n) is 6.76. The van der Waals surface area contributed by atoms with Gasteiger partial charge in [-0.25, -0.2) is 0 Å². The van der Waals surface area contributed by atoms with Gasteiger partial charge in [-0.05, 0) is 30.5 Å². The number of imide groups is 1. The molecule has 3 amide bonds. The van der Waals surface area contributed by atoms with Gasteiger partial charge in [-0.1, -0.05) is 35.9 Å². The van der Waals surface area contributed by atoms with Crippen molar-refractivity contribution in [1.82, 2.24) is 10.2 Å². The van der Waals surface area contributed by atoms with Crippen LogP contribution >= 0.6 is 23.4 Å². The van der Waals surface area contributed by atoms with Gasteiger partial charge in [0.1, 0.15) is 0 Å². The molecular formula is C20H23ClN2O3S. The third kappa shape index (κ3) is 5.14. The van der Waals surface area contributed by atoms with Crippen molar-refractivity contribution in [1.29, 1.82) is 0 Å². The van der Waals surface area contributed by atoms with Crippen LogP contribution in [0.2, 0.25) is 5.02 Å². The maximum absolute atomic E-state index is 12.3. The first kappa shape index (κ1) is 20.0. The lowest BCUT2D eigenvalue weighted by molar-refractivity contribution is -0.140. The highest BCUT2D eigenvalue weighted by Crippen LogP contribution is 2.34. The van der Waals surface area contributed by atoms with Crippen LogP contribution in [0.3, 0.4) is 0 Å². The molecule has 1 N–H and O–H groups in total. The standard InChI is InChI=1S/C20H23ClN2O3S/c21-15-7-5-14(6-8-15)13-27-12-10-22-18(24)9-11-23-19(25)16-3-1-2-4-17(16)20(23)26/h1-2,5-8,16-17H,3-4,9-13H2,(H,22,24)/t16-,17+. The predicted octanol–water partition coefficient (Wildman–Crippen LogP) is 3.03. The molecule has 0 radical (unpaired) electrons. The number of benzene rings is 1. The monoisotopic (exact) mass is 406 g/mol. The van der Waals surface area contributed by atoms with Crippen molar-refractivity contribution in [3.8, 4) is 0 Å². The summed E-state index contributed by atoms with van der Waals surface area (Å²) >= 11 is 7.59. The van der Waals surface area contributed by atoms with Crippen molar-refractivity contribution in [2.24, 2.45) is 11.8 Å². The highest BCUT2D eigenvalue weighted by molar-refractivity contribution is 7.98. The van der Waals surface area contributed by atoms with E-state index in [0.29, 0.717) is 19.4 Å². The fourth-order valence-corrected chi connectivity index (χ4v) is 4.37. The maximum atomic E-state index is 12.3. The number of hydrogen-bond acceptors (Lipinski definition) is 4. The molecule has 0 bridgehead atoms. The maximum Gasteiger partial charge on any atom is 0.233 e. The van der Waals surface area contributed by atoms with E-state index in [2.05, 4.69) is 5.32 Å². The summed E-state index contributed by atoms with van der Waals surface area (Å²) in [7, 11) is 0. The Morgan fingerprint density at radius 2 is 1.74 bits per heavy atom. The summed E-state index contributed by atoms with van der Waals surface area (Å²) in [5.74, 6) is 0.827. The average molecular weight is 407 g/mol. The van der Waals surface area contributed by atoms with E-state index < -0.39 is 0 Å². The Balaban J connectivity index is 1.32. The van der Waals surface area contributed by atoms with Crippen LogP contribution in [0.25, 0.3) is 0 Å². The van der Waals surface area contributed by atoms with Crippen LogP contribution in [0.4, 0.5) is 0 Å². The van der Waals surface area contributed by atoms with Crippen LogP contribution in [0.15, 0.2) is 36.4 Å². The first-order chi connectivity index (χ1) is 13.1. The Bertz CT molecular complexity index is 709. The van der Waals surface area contributed by atoms with E-state index in [1.165, 1.54) is 10.5 Å². The molecule has 27 heavy (non-hydrogen) atoms. The second kappa shape index (κ2) is 9.42. The van der Waals surface area contributed by atoms with Crippen LogP contribution < -0.4 is 5.32 Å². The smallest absolute Gasteiger partial charge is 0.233 e. The Kier molecular flexibility index (Phi) is 6.96. The number of carbonyl (C=O) groups excluding carboxylic acids is 3. The van der Waals surface area contributed by atoms with Crippen molar-refractivity contribution in [2.75, 3.05) is 18.8 Å². The number of halogens is 1. The summed E-state index contributed by atoms with van der Waals surface area (Å²) in [4.78, 5) is 38.0. The van der Waals surface area contributed by atoms with E-state index in [4.69, 9.17) is 11.6 Å². The molecule has 1 aromatic rings. The lowest BCUT2D eigenvalue weighted by Gasteiger charge is -2.14. The van der Waals surface area contributed by atoms with Crippen LogP contribution in [0.5, 0.6) is 0 Å². The first-order valence-corrected chi connectivity index (χ1v) is 10.7. The van der Waals surface area contributed by atoms with Gasteiger partial charge in [0.15, 0.2) is 0 Å². The summed E-state index contributed by atoms with van der Waals surface area (Å²) in [6, 6.07) is 7.72. The fourth-order valence-electron chi connectivity index (χ4n) is 3.42. The van der Waals surface area contributed by atoms with Gasteiger partial charge in [-0.15, -0.1) is 0 Å². The number of rotatable bonds is 8. The Labute approximate surface area is 168 Å². The molecule has 1 aromatic carbocycles. The third-order valence-electron chi connectivity index (χ3n) is 4.91. The topological polar surface area (TPSA) is 66.5 Å². The SMILES string of the molecule is O=C(CCN1C(=O)[C@H]2CC=CC[C@H]2C1=O)NCCSCc1ccc(Cl)cc1. The molecule has 144 valence electrons. The van der Waals surface area contributed by atoms with Crippen LogP contribution in [0.1, 0.15) is 24.8 Å². The highest BCUT2D eigenvalue weighted by Gasteiger charge is 2.46. The van der Waals surface area contributed by atoms with Crippen LogP contribution in [0, 0.1) is 11.8 Å². The Hall–Kier alpha value is -1.79. The van der Waals surface area contributed by atoms with Gasteiger partial charge < -0.3 is 5.32 Å². The van der Waals surface area contributed by atoms with E-state index in [9.17, 15) is 14.4 Å². The molecular weight excluding hydrogens is 384 g/mol. The molecule has 1 aliphatic carbocycles. The lowest BCUT2D eigenvalue weighted by Crippen LogP contribution is -2.36. The molecule has 2 aliphatic rings. The van der Waals surface area contributed by atoms with Crippen molar-refractivity contribution >= 4 is 41.1 Å². The van der Waals surface area contributed by atoms with Crippen molar-refractivity contribution in [2.45, 2.75) is 25.0 Å². The summed E-state index contributed by atoms with van der Waals surface area (Å²) in [5.41, 5.74) is 1.19. The molecule has 1 heterocycles. The van der Waals surface area contributed by atoms with E-state index in [0.717, 1.165) is 16.5 Å². The highest BCUT2D eigenvalue weighted by atomic mass is 35.5. The molecule has 0 unspecified atom stereocenters. The fraction of sp³-hybridized carbons (Fsp3) is 0.450. The van der Waals surface area contributed by atoms with Gasteiger partial charge in [0.25, 0.3) is 0 Å². The molecule has 2 atom stereocenters. The van der Waals surface area contributed by atoms with Gasteiger partial charge in [0, 0.05) is 36.0 Å². The molecule has 1 saturated heterocycles. The molecule has 1 aliphatic heterocycles. The molecule has 3 rings (SSSR count). The minimum absolute atomic E-state index is 0.124. The normalized spacial score (nSPS) is 21.4. The summed E-state index contributed by atoms with van der Waals surface area (Å²) in [6.07, 6.45) is 5.34. The number of likely N-dealkylation sites (tertiary alicyclic amines) is 1. The number of nitrogens with one attached hydrogen (secondary N) is 1. The van der Waals surface area contributed by atoms with Gasteiger partial charge in [0.05, 0.1) is 11.8 Å². The number of thioether (sulfide) groups is 1. The zero-order chi connectivity index (χ0) is 19.2. The Morgan fingerprint density at radius 3 is 2.37 bits per heavy atom. The molecule has 0 saturated carbocycles.